The van der Waals surface area contributed by atoms with E-state index in [4.69, 9.17) is 4.74 Å². The van der Waals surface area contributed by atoms with Gasteiger partial charge in [0, 0.05) is 19.2 Å². The molecule has 1 amide bonds. The molecule has 2 heterocycles. The number of methoxy groups -OCH3 is 1. The minimum atomic E-state index is -0.586. The molecule has 0 unspecified atom stereocenters. The van der Waals surface area contributed by atoms with Crippen LogP contribution in [0.2, 0.25) is 0 Å². The lowest BCUT2D eigenvalue weighted by atomic mass is 10.1. The molecule has 0 aromatic heterocycles. The third-order valence-corrected chi connectivity index (χ3v) is 2.63. The van der Waals surface area contributed by atoms with Crippen molar-refractivity contribution in [3.05, 3.63) is 11.9 Å². The van der Waals surface area contributed by atoms with Crippen LogP contribution < -0.4 is 0 Å². The first-order valence-electron chi connectivity index (χ1n) is 6.26. The summed E-state index contributed by atoms with van der Waals surface area (Å²) in [4.78, 5) is 32.9. The van der Waals surface area contributed by atoms with E-state index in [1.54, 1.807) is 27.0 Å². The van der Waals surface area contributed by atoms with Crippen molar-refractivity contribution in [1.29, 1.82) is 0 Å². The molecule has 0 aromatic rings. The summed E-state index contributed by atoms with van der Waals surface area (Å²) in [6.07, 6.45) is 1.63. The molecule has 0 aromatic carbocycles. The molecule has 2 rings (SSSR count). The van der Waals surface area contributed by atoms with E-state index in [0.717, 1.165) is 0 Å². The number of hydrogen-bond acceptors (Lipinski definition) is 6. The number of esters is 1. The van der Waals surface area contributed by atoms with E-state index in [9.17, 15) is 9.59 Å². The molecular formula is C13H17N3O4. The molecule has 0 atom stereocenters. The van der Waals surface area contributed by atoms with Gasteiger partial charge in [-0.3, -0.25) is 4.90 Å². The summed E-state index contributed by atoms with van der Waals surface area (Å²) in [6, 6.07) is 0. The van der Waals surface area contributed by atoms with Gasteiger partial charge >= 0.3 is 12.1 Å². The lowest BCUT2D eigenvalue weighted by Gasteiger charge is -2.27. The molecule has 0 radical (unpaired) electrons. The van der Waals surface area contributed by atoms with E-state index in [-0.39, 0.29) is 5.84 Å². The molecule has 20 heavy (non-hydrogen) atoms. The van der Waals surface area contributed by atoms with Crippen LogP contribution in [0.15, 0.2) is 21.9 Å². The number of allylic oxidation sites excluding steroid dienone is 1. The minimum Gasteiger partial charge on any atom is -0.463 e. The largest absolute Gasteiger partial charge is 0.463 e. The quantitative estimate of drug-likeness (QED) is 0.681. The van der Waals surface area contributed by atoms with Crippen molar-refractivity contribution in [2.75, 3.05) is 13.7 Å². The van der Waals surface area contributed by atoms with Crippen LogP contribution in [0, 0.1) is 0 Å². The van der Waals surface area contributed by atoms with E-state index >= 15 is 0 Å². The highest BCUT2D eigenvalue weighted by Crippen LogP contribution is 2.21. The van der Waals surface area contributed by atoms with Crippen LogP contribution >= 0.6 is 0 Å². The third-order valence-electron chi connectivity index (χ3n) is 2.63. The van der Waals surface area contributed by atoms with Gasteiger partial charge in [-0.15, -0.1) is 0 Å². The molecule has 7 nitrogen and oxygen atoms in total. The smallest absolute Gasteiger partial charge is 0.414 e. The predicted molar refractivity (Wildman–Crippen MR) is 72.5 cm³/mol. The van der Waals surface area contributed by atoms with E-state index in [1.807, 2.05) is 0 Å². The summed E-state index contributed by atoms with van der Waals surface area (Å²) < 4.78 is 9.85. The van der Waals surface area contributed by atoms with Crippen LogP contribution in [0.3, 0.4) is 0 Å². The lowest BCUT2D eigenvalue weighted by Crippen LogP contribution is -2.37. The Labute approximate surface area is 117 Å². The maximum atomic E-state index is 12.0. The number of carbonyl (C=O) groups excluding carboxylic acids is 2. The van der Waals surface area contributed by atoms with Crippen molar-refractivity contribution in [2.45, 2.75) is 32.8 Å². The van der Waals surface area contributed by atoms with Crippen LogP contribution in [0.5, 0.6) is 0 Å². The molecule has 0 aliphatic carbocycles. The molecule has 0 saturated carbocycles. The van der Waals surface area contributed by atoms with Gasteiger partial charge in [0.2, 0.25) is 5.84 Å². The van der Waals surface area contributed by atoms with Gasteiger partial charge in [0.15, 0.2) is 0 Å². The van der Waals surface area contributed by atoms with Crippen LogP contribution in [0.1, 0.15) is 27.2 Å². The van der Waals surface area contributed by atoms with E-state index in [1.165, 1.54) is 12.0 Å². The fourth-order valence-corrected chi connectivity index (χ4v) is 1.76. The number of carbonyl (C=O) groups is 2. The lowest BCUT2D eigenvalue weighted by molar-refractivity contribution is -0.132. The van der Waals surface area contributed by atoms with Gasteiger partial charge < -0.3 is 9.47 Å². The zero-order valence-corrected chi connectivity index (χ0v) is 12.0. The van der Waals surface area contributed by atoms with Gasteiger partial charge in [-0.2, -0.15) is 0 Å². The Morgan fingerprint density at radius 1 is 1.30 bits per heavy atom. The highest BCUT2D eigenvalue weighted by atomic mass is 16.6. The predicted octanol–water partition coefficient (Wildman–Crippen LogP) is 1.49. The summed E-state index contributed by atoms with van der Waals surface area (Å²) in [5.74, 6) is -0.573. The molecule has 108 valence electrons. The van der Waals surface area contributed by atoms with Gasteiger partial charge in [0.1, 0.15) is 11.3 Å². The van der Waals surface area contributed by atoms with Crippen molar-refractivity contribution >= 4 is 23.6 Å². The molecular weight excluding hydrogens is 262 g/mol. The Kier molecular flexibility index (Phi) is 3.61. The third kappa shape index (κ3) is 3.04. The van der Waals surface area contributed by atoms with Gasteiger partial charge in [-0.1, -0.05) is 0 Å². The summed E-state index contributed by atoms with van der Waals surface area (Å²) in [5.41, 5.74) is 0.632. The molecule has 0 N–H and O–H groups in total. The van der Waals surface area contributed by atoms with Crippen LogP contribution in [-0.2, 0) is 14.3 Å². The van der Waals surface area contributed by atoms with Crippen molar-refractivity contribution in [2.24, 2.45) is 9.98 Å². The number of ether oxygens (including phenoxy) is 2. The second-order valence-electron chi connectivity index (χ2n) is 5.42. The Morgan fingerprint density at radius 3 is 2.60 bits per heavy atom. The molecule has 0 spiro atoms. The zero-order chi connectivity index (χ0) is 14.9. The van der Waals surface area contributed by atoms with Crippen molar-refractivity contribution in [3.63, 3.8) is 0 Å². The summed E-state index contributed by atoms with van der Waals surface area (Å²) >= 11 is 0. The molecule has 2 aliphatic heterocycles. The fraction of sp³-hybridized carbons (Fsp3) is 0.538. The van der Waals surface area contributed by atoms with Crippen molar-refractivity contribution < 1.29 is 19.1 Å². The first kappa shape index (κ1) is 14.2. The first-order valence-corrected chi connectivity index (χ1v) is 6.26. The molecule has 0 bridgehead atoms. The number of amidine groups is 1. The van der Waals surface area contributed by atoms with E-state index in [2.05, 4.69) is 14.7 Å². The summed E-state index contributed by atoms with van der Waals surface area (Å²) in [7, 11) is 1.27. The molecule has 0 fully saturated rings. The molecule has 7 heteroatoms. The number of fused-ring (bicyclic) bond motifs is 1. The standard InChI is InChI=1S/C13H17N3O4/c1-13(2,3)20-12(18)16-6-5-8-9(7-16)15-10(14-8)11(17)19-4/h7H,5-6H2,1-4H3. The fourth-order valence-electron chi connectivity index (χ4n) is 1.76. The minimum absolute atomic E-state index is 0.0137. The SMILES string of the molecule is COC(=O)C1=NC2=CN(C(=O)OC(C)(C)C)CCC2=N1. The maximum absolute atomic E-state index is 12.0. The van der Waals surface area contributed by atoms with Gasteiger partial charge in [-0.25, -0.2) is 19.6 Å². The van der Waals surface area contributed by atoms with E-state index in [0.29, 0.717) is 24.4 Å². The van der Waals surface area contributed by atoms with Gasteiger partial charge in [0.05, 0.1) is 12.8 Å². The van der Waals surface area contributed by atoms with Crippen LogP contribution in [0.4, 0.5) is 4.79 Å². The number of amides is 1. The second kappa shape index (κ2) is 5.07. The van der Waals surface area contributed by atoms with Gasteiger partial charge in [0.25, 0.3) is 0 Å². The Bertz CT molecular complexity index is 540. The maximum Gasteiger partial charge on any atom is 0.414 e. The first-order chi connectivity index (χ1) is 9.30. The average molecular weight is 279 g/mol. The Hall–Kier alpha value is -2.18. The number of aliphatic imine (C=N–C) groups is 2. The zero-order valence-electron chi connectivity index (χ0n) is 12.0. The summed E-state index contributed by atoms with van der Waals surface area (Å²) in [6.45, 7) is 5.86. The van der Waals surface area contributed by atoms with Gasteiger partial charge in [-0.05, 0) is 20.8 Å². The normalized spacial score (nSPS) is 17.8. The second-order valence-corrected chi connectivity index (χ2v) is 5.42. The van der Waals surface area contributed by atoms with Crippen LogP contribution in [0.25, 0.3) is 0 Å². The summed E-state index contributed by atoms with van der Waals surface area (Å²) in [5, 5.41) is 0. The number of hydrogen-bond donors (Lipinski definition) is 0. The average Bonchev–Trinajstić information content (AvgIpc) is 2.78. The highest BCUT2D eigenvalue weighted by molar-refractivity contribution is 6.40. The number of nitrogens with zero attached hydrogens (tertiary/aromatic N) is 3. The molecule has 2 aliphatic rings. The van der Waals surface area contributed by atoms with E-state index < -0.39 is 17.7 Å². The topological polar surface area (TPSA) is 80.6 Å². The van der Waals surface area contributed by atoms with Crippen molar-refractivity contribution in [1.82, 2.24) is 4.90 Å². The Morgan fingerprint density at radius 2 is 2.00 bits per heavy atom. The monoisotopic (exact) mass is 279 g/mol. The number of rotatable bonds is 1. The Balaban J connectivity index is 2.15. The highest BCUT2D eigenvalue weighted by Gasteiger charge is 2.29. The van der Waals surface area contributed by atoms with Crippen molar-refractivity contribution in [3.8, 4) is 0 Å². The molecule has 0 saturated heterocycles. The van der Waals surface area contributed by atoms with Crippen LogP contribution in [-0.4, -0.2) is 47.8 Å².